The number of amides is 1. The molecule has 1 aromatic rings. The maximum absolute atomic E-state index is 12.7. The summed E-state index contributed by atoms with van der Waals surface area (Å²) in [5.74, 6) is -1.08. The Morgan fingerprint density at radius 2 is 1.96 bits per heavy atom. The zero-order chi connectivity index (χ0) is 18.9. The molecule has 1 atom stereocenters. The summed E-state index contributed by atoms with van der Waals surface area (Å²) < 4.78 is 29.8. The second kappa shape index (κ2) is 7.66. The van der Waals surface area contributed by atoms with Gasteiger partial charge in [-0.25, -0.2) is 17.5 Å². The molecule has 0 unspecified atom stereocenters. The molecule has 0 aromatic carbocycles. The number of hydrogen-bond acceptors (Lipinski definition) is 6. The Morgan fingerprint density at radius 1 is 1.23 bits per heavy atom. The van der Waals surface area contributed by atoms with Crippen LogP contribution in [0, 0.1) is 5.92 Å². The number of ether oxygens (including phenoxy) is 1. The van der Waals surface area contributed by atoms with E-state index < -0.39 is 21.9 Å². The van der Waals surface area contributed by atoms with Crippen LogP contribution in [0.2, 0.25) is 0 Å². The molecule has 1 N–H and O–H groups in total. The van der Waals surface area contributed by atoms with Gasteiger partial charge in [0.15, 0.2) is 0 Å². The third kappa shape index (κ3) is 3.94. The zero-order valence-electron chi connectivity index (χ0n) is 15.0. The number of carbonyl (C=O) groups is 2. The van der Waals surface area contributed by atoms with Crippen LogP contribution in [-0.4, -0.2) is 51.1 Å². The van der Waals surface area contributed by atoms with Crippen molar-refractivity contribution in [3.63, 3.8) is 0 Å². The lowest BCUT2D eigenvalue weighted by atomic mass is 9.95. The van der Waals surface area contributed by atoms with E-state index >= 15 is 0 Å². The van der Waals surface area contributed by atoms with E-state index in [2.05, 4.69) is 5.32 Å². The Kier molecular flexibility index (Phi) is 5.69. The van der Waals surface area contributed by atoms with Gasteiger partial charge in [0.05, 0.1) is 24.8 Å². The summed E-state index contributed by atoms with van der Waals surface area (Å²) in [7, 11) is -1.97. The topological polar surface area (TPSA) is 92.8 Å². The number of anilines is 1. The molecule has 2 heterocycles. The summed E-state index contributed by atoms with van der Waals surface area (Å²) in [5.41, 5.74) is 1.46. The summed E-state index contributed by atoms with van der Waals surface area (Å²) in [6, 6.07) is 0. The Hall–Kier alpha value is -1.45. The van der Waals surface area contributed by atoms with Gasteiger partial charge in [-0.15, -0.1) is 11.3 Å². The van der Waals surface area contributed by atoms with Crippen molar-refractivity contribution in [2.24, 2.45) is 5.92 Å². The van der Waals surface area contributed by atoms with Crippen molar-refractivity contribution in [2.45, 2.75) is 38.5 Å². The highest BCUT2D eigenvalue weighted by molar-refractivity contribution is 7.88. The highest BCUT2D eigenvalue weighted by Crippen LogP contribution is 2.39. The molecule has 2 aliphatic rings. The van der Waals surface area contributed by atoms with Gasteiger partial charge in [-0.2, -0.15) is 0 Å². The molecule has 9 heteroatoms. The van der Waals surface area contributed by atoms with Gasteiger partial charge in [-0.1, -0.05) is 0 Å². The predicted octanol–water partition coefficient (Wildman–Crippen LogP) is 2.02. The van der Waals surface area contributed by atoms with Crippen molar-refractivity contribution in [2.75, 3.05) is 31.8 Å². The van der Waals surface area contributed by atoms with Crippen LogP contribution in [0.1, 0.15) is 46.5 Å². The summed E-state index contributed by atoms with van der Waals surface area (Å²) in [6.45, 7) is 0.632. The van der Waals surface area contributed by atoms with E-state index in [4.69, 9.17) is 4.74 Å². The van der Waals surface area contributed by atoms with Crippen molar-refractivity contribution in [1.29, 1.82) is 0 Å². The summed E-state index contributed by atoms with van der Waals surface area (Å²) in [6.07, 6.45) is 6.27. The molecule has 0 saturated carbocycles. The number of rotatable bonds is 4. The van der Waals surface area contributed by atoms with Crippen molar-refractivity contribution in [3.8, 4) is 0 Å². The first kappa shape index (κ1) is 19.3. The molecule has 1 saturated heterocycles. The molecule has 7 nitrogen and oxygen atoms in total. The maximum Gasteiger partial charge on any atom is 0.341 e. The number of thiophene rings is 1. The lowest BCUT2D eigenvalue weighted by Crippen LogP contribution is -2.43. The highest BCUT2D eigenvalue weighted by Gasteiger charge is 2.32. The number of aryl methyl sites for hydroxylation is 1. The lowest BCUT2D eigenvalue weighted by Gasteiger charge is -2.30. The van der Waals surface area contributed by atoms with Crippen molar-refractivity contribution in [3.05, 3.63) is 16.0 Å². The maximum atomic E-state index is 12.7. The van der Waals surface area contributed by atoms with E-state index in [1.54, 1.807) is 0 Å². The normalized spacial score (nSPS) is 21.1. The average Bonchev–Trinajstić information content (AvgIpc) is 2.98. The Balaban J connectivity index is 1.81. The number of nitrogens with one attached hydrogen (secondary N) is 1. The van der Waals surface area contributed by atoms with E-state index in [9.17, 15) is 18.0 Å². The van der Waals surface area contributed by atoms with Gasteiger partial charge in [0.2, 0.25) is 15.9 Å². The van der Waals surface area contributed by atoms with Crippen LogP contribution in [0.4, 0.5) is 5.00 Å². The molecule has 3 rings (SSSR count). The van der Waals surface area contributed by atoms with E-state index in [0.29, 0.717) is 30.0 Å². The molecular weight excluding hydrogens is 376 g/mol. The Labute approximate surface area is 157 Å². The van der Waals surface area contributed by atoms with Gasteiger partial charge < -0.3 is 10.1 Å². The smallest absolute Gasteiger partial charge is 0.341 e. The molecule has 1 fully saturated rings. The first-order valence-electron chi connectivity index (χ1n) is 8.80. The molecule has 1 aliphatic heterocycles. The van der Waals surface area contributed by atoms with Gasteiger partial charge in [0.25, 0.3) is 0 Å². The molecule has 26 heavy (non-hydrogen) atoms. The average molecular weight is 401 g/mol. The SMILES string of the molecule is COC(=O)c1c(NC(=O)[C@H]2CCCN(S(C)(=O)=O)C2)sc2c1CCCC2. The molecule has 1 amide bonds. The van der Waals surface area contributed by atoms with Crippen LogP contribution in [0.15, 0.2) is 0 Å². The van der Waals surface area contributed by atoms with E-state index in [-0.39, 0.29) is 12.5 Å². The van der Waals surface area contributed by atoms with E-state index in [1.807, 2.05) is 0 Å². The first-order chi connectivity index (χ1) is 12.3. The number of piperidine rings is 1. The molecule has 0 spiro atoms. The van der Waals surface area contributed by atoms with Crippen LogP contribution in [-0.2, 0) is 32.4 Å². The van der Waals surface area contributed by atoms with Crippen LogP contribution in [0.3, 0.4) is 0 Å². The number of carbonyl (C=O) groups excluding carboxylic acids is 2. The molecular formula is C17H24N2O5S2. The molecule has 0 bridgehead atoms. The summed E-state index contributed by atoms with van der Waals surface area (Å²) in [5, 5.41) is 3.41. The first-order valence-corrected chi connectivity index (χ1v) is 11.5. The number of nitrogens with zero attached hydrogens (tertiary/aromatic N) is 1. The Morgan fingerprint density at radius 3 is 2.65 bits per heavy atom. The number of fused-ring (bicyclic) bond motifs is 1. The minimum atomic E-state index is -3.31. The minimum Gasteiger partial charge on any atom is -0.465 e. The van der Waals surface area contributed by atoms with Crippen molar-refractivity contribution >= 4 is 38.2 Å². The monoisotopic (exact) mass is 400 g/mol. The quantitative estimate of drug-likeness (QED) is 0.781. The van der Waals surface area contributed by atoms with Crippen LogP contribution in [0.25, 0.3) is 0 Å². The molecule has 0 radical (unpaired) electrons. The number of hydrogen-bond donors (Lipinski definition) is 1. The third-order valence-corrected chi connectivity index (χ3v) is 7.50. The van der Waals surface area contributed by atoms with Gasteiger partial charge in [-0.3, -0.25) is 4.79 Å². The number of methoxy groups -OCH3 is 1. The van der Waals surface area contributed by atoms with E-state index in [0.717, 1.165) is 42.4 Å². The van der Waals surface area contributed by atoms with Gasteiger partial charge in [-0.05, 0) is 44.1 Å². The zero-order valence-corrected chi connectivity index (χ0v) is 16.7. The van der Waals surface area contributed by atoms with E-state index in [1.165, 1.54) is 22.8 Å². The second-order valence-corrected chi connectivity index (χ2v) is 9.94. The van der Waals surface area contributed by atoms with Crippen LogP contribution >= 0.6 is 11.3 Å². The second-order valence-electron chi connectivity index (χ2n) is 6.86. The molecule has 1 aliphatic carbocycles. The third-order valence-electron chi connectivity index (χ3n) is 5.02. The minimum absolute atomic E-state index is 0.184. The lowest BCUT2D eigenvalue weighted by molar-refractivity contribution is -0.120. The van der Waals surface area contributed by atoms with Crippen molar-refractivity contribution in [1.82, 2.24) is 4.31 Å². The van der Waals surface area contributed by atoms with Crippen LogP contribution in [0.5, 0.6) is 0 Å². The fourth-order valence-electron chi connectivity index (χ4n) is 3.64. The number of sulfonamides is 1. The fraction of sp³-hybridized carbons (Fsp3) is 0.647. The van der Waals surface area contributed by atoms with Crippen LogP contribution < -0.4 is 5.32 Å². The highest BCUT2D eigenvalue weighted by atomic mass is 32.2. The largest absolute Gasteiger partial charge is 0.465 e. The molecule has 1 aromatic heterocycles. The fourth-order valence-corrected chi connectivity index (χ4v) is 5.84. The van der Waals surface area contributed by atoms with Gasteiger partial charge in [0, 0.05) is 18.0 Å². The molecule has 144 valence electrons. The Bertz CT molecular complexity index is 815. The standard InChI is InChI=1S/C17H24N2O5S2/c1-24-17(21)14-12-7-3-4-8-13(12)25-16(14)18-15(20)11-6-5-9-19(10-11)26(2,22)23/h11H,3-10H2,1-2H3,(H,18,20)/t11-/m0/s1. The summed E-state index contributed by atoms with van der Waals surface area (Å²) >= 11 is 1.44. The van der Waals surface area contributed by atoms with Gasteiger partial charge in [0.1, 0.15) is 5.00 Å². The number of esters is 1. The van der Waals surface area contributed by atoms with Gasteiger partial charge >= 0.3 is 5.97 Å². The summed E-state index contributed by atoms with van der Waals surface area (Å²) in [4.78, 5) is 26.1. The predicted molar refractivity (Wildman–Crippen MR) is 100 cm³/mol. The van der Waals surface area contributed by atoms with Crippen molar-refractivity contribution < 1.29 is 22.7 Å².